The summed E-state index contributed by atoms with van der Waals surface area (Å²) in [6.07, 6.45) is 0.846. The molecule has 10 nitrogen and oxygen atoms in total. The third-order valence-electron chi connectivity index (χ3n) is 8.70. The molecule has 47 heavy (non-hydrogen) atoms. The lowest BCUT2D eigenvalue weighted by Gasteiger charge is -2.37. The third-order valence-corrected chi connectivity index (χ3v) is 36.7. The van der Waals surface area contributed by atoms with E-state index in [-0.39, 0.29) is 5.41 Å². The molecule has 264 valence electrons. The molecule has 0 amide bonds. The highest BCUT2D eigenvalue weighted by Gasteiger charge is 2.40. The van der Waals surface area contributed by atoms with E-state index < -0.39 is 78.9 Å². The first-order valence-corrected chi connectivity index (χ1v) is 34.5. The van der Waals surface area contributed by atoms with Crippen LogP contribution in [0.2, 0.25) is 64.5 Å². The average Bonchev–Trinajstić information content (AvgIpc) is 2.96. The summed E-state index contributed by atoms with van der Waals surface area (Å²) in [5.41, 5.74) is 3.06. The van der Waals surface area contributed by atoms with Gasteiger partial charge in [-0.05, 0) is 106 Å². The highest BCUT2D eigenvalue weighted by molar-refractivity contribution is 6.82. The van der Waals surface area contributed by atoms with E-state index in [1.54, 1.807) is 0 Å². The van der Waals surface area contributed by atoms with E-state index in [9.17, 15) is 5.11 Å². The Morgan fingerprint density at radius 2 is 1.04 bits per heavy atom. The molecule has 0 aromatic heterocycles. The van der Waals surface area contributed by atoms with Crippen LogP contribution in [0.4, 0.5) is 0 Å². The van der Waals surface area contributed by atoms with Gasteiger partial charge in [-0.15, -0.1) is 0 Å². The fourth-order valence-corrected chi connectivity index (χ4v) is 35.7. The molecule has 0 saturated carbocycles. The Labute approximate surface area is 294 Å². The Bertz CT molecular complexity index is 1230. The maximum atomic E-state index is 11.1. The molecule has 0 aliphatic carbocycles. The second-order valence-electron chi connectivity index (χ2n) is 13.5. The van der Waals surface area contributed by atoms with Crippen molar-refractivity contribution >= 4 is 72.8 Å². The number of ether oxygens (including phenoxy) is 1. The first-order valence-electron chi connectivity index (χ1n) is 16.9. The monoisotopic (exact) mass is 788 g/mol. The van der Waals surface area contributed by atoms with Crippen LogP contribution < -0.4 is 4.74 Å². The Kier molecular flexibility index (Phi) is 14.4. The van der Waals surface area contributed by atoms with E-state index in [1.165, 1.54) is 11.1 Å². The third kappa shape index (κ3) is 11.8. The molecular formula is C29H56O10Si8. The second-order valence-corrected chi connectivity index (χ2v) is 33.9. The zero-order chi connectivity index (χ0) is 34.4. The van der Waals surface area contributed by atoms with Gasteiger partial charge < -0.3 is 42.8 Å². The fraction of sp³-hybridized carbons (Fsp3) is 0.586. The largest absolute Gasteiger partial charge is 0.494 e. The number of aliphatic hydroxyl groups excluding tert-OH is 1. The van der Waals surface area contributed by atoms with Crippen LogP contribution in [0.3, 0.4) is 0 Å². The zero-order valence-corrected chi connectivity index (χ0v) is 38.7. The summed E-state index contributed by atoms with van der Waals surface area (Å²) in [6, 6.07) is 18.3. The summed E-state index contributed by atoms with van der Waals surface area (Å²) in [4.78, 5) is 0. The lowest BCUT2D eigenvalue weighted by molar-refractivity contribution is 0.168. The molecule has 1 N–H and O–H groups in total. The van der Waals surface area contributed by atoms with Crippen molar-refractivity contribution in [2.75, 3.05) is 6.61 Å². The van der Waals surface area contributed by atoms with E-state index in [4.69, 9.17) is 37.7 Å². The van der Waals surface area contributed by atoms with Gasteiger partial charge in [-0.2, -0.15) is 0 Å². The normalized spacial score (nSPS) is 33.3. The fourth-order valence-electron chi connectivity index (χ4n) is 6.36. The van der Waals surface area contributed by atoms with Crippen molar-refractivity contribution in [2.45, 2.75) is 103 Å². The number of hydrogen-bond acceptors (Lipinski definition) is 10. The van der Waals surface area contributed by atoms with Gasteiger partial charge in [0.25, 0.3) is 55.7 Å². The lowest BCUT2D eigenvalue weighted by atomic mass is 9.78. The van der Waals surface area contributed by atoms with Gasteiger partial charge in [0.15, 0.2) is 0 Å². The Hall–Kier alpha value is -0.385. The molecule has 0 radical (unpaired) electrons. The smallest absolute Gasteiger partial charge is 0.317 e. The molecule has 5 atom stereocenters. The van der Waals surface area contributed by atoms with E-state index >= 15 is 0 Å². The summed E-state index contributed by atoms with van der Waals surface area (Å²) < 4.78 is 55.8. The van der Waals surface area contributed by atoms with Crippen LogP contribution in [-0.2, 0) is 38.3 Å². The first kappa shape index (κ1) is 39.4. The number of rotatable bonds is 11. The van der Waals surface area contributed by atoms with Crippen LogP contribution >= 0.6 is 0 Å². The van der Waals surface area contributed by atoms with Crippen molar-refractivity contribution < 1.29 is 42.8 Å². The van der Waals surface area contributed by atoms with Gasteiger partial charge in [0, 0.05) is 5.41 Å². The lowest BCUT2D eigenvalue weighted by Crippen LogP contribution is -2.53. The van der Waals surface area contributed by atoms with Gasteiger partial charge in [-0.1, -0.05) is 50.2 Å². The van der Waals surface area contributed by atoms with Crippen molar-refractivity contribution in [3.05, 3.63) is 65.2 Å². The average molecular weight is 789 g/mol. The Balaban J connectivity index is 1.28. The van der Waals surface area contributed by atoms with Crippen molar-refractivity contribution in [1.29, 1.82) is 0 Å². The molecule has 0 bridgehead atoms. The summed E-state index contributed by atoms with van der Waals surface area (Å²) >= 11 is 0. The quantitative estimate of drug-likeness (QED) is 0.257. The molecule has 2 saturated heterocycles. The van der Waals surface area contributed by atoms with Gasteiger partial charge in [0.05, 0.1) is 12.7 Å². The maximum Gasteiger partial charge on any atom is 0.317 e. The van der Waals surface area contributed by atoms with Crippen LogP contribution in [0.1, 0.15) is 49.5 Å². The van der Waals surface area contributed by atoms with Gasteiger partial charge in [-0.25, -0.2) is 0 Å². The maximum absolute atomic E-state index is 11.1. The molecule has 2 aromatic carbocycles. The van der Waals surface area contributed by atoms with Crippen LogP contribution in [0.25, 0.3) is 0 Å². The molecule has 2 heterocycles. The van der Waals surface area contributed by atoms with Crippen molar-refractivity contribution in [3.8, 4) is 5.75 Å². The SMILES string of the molecule is C[SiH]1O[SiH](C)O[Si](C)(CCCOc2ccc(C(C)(C)c3ccc(C(O)CC[Si]4(C)O[SiH](C)O[SiH](C)O[SiH](C)O4)cc3)cc2)O[SiH](C)O1. The molecule has 18 heteroatoms. The highest BCUT2D eigenvalue weighted by Crippen LogP contribution is 2.34. The van der Waals surface area contributed by atoms with Gasteiger partial charge in [0.2, 0.25) is 0 Å². The topological polar surface area (TPSA) is 103 Å². The van der Waals surface area contributed by atoms with E-state index in [0.29, 0.717) is 19.1 Å². The standard InChI is InChI=1S/C29H56O10Si8/c1-29(2,25-14-12-24(13-15-25)28(30)20-23-47(10)38-44(7)34-41(4)35-45(8)39-47)26-16-18-27(19-17-26)31-21-11-22-46(9)36-42(5)32-40(3)33-43(6)37-46/h12-19,28,30,40-45H,11,20-23H2,1-10H3. The molecule has 4 rings (SSSR count). The van der Waals surface area contributed by atoms with E-state index in [2.05, 4.69) is 70.8 Å². The van der Waals surface area contributed by atoms with Crippen LogP contribution in [-0.4, -0.2) is 84.5 Å². The van der Waals surface area contributed by atoms with Gasteiger partial charge >= 0.3 is 17.1 Å². The number of benzene rings is 2. The van der Waals surface area contributed by atoms with Crippen molar-refractivity contribution in [1.82, 2.24) is 0 Å². The summed E-state index contributed by atoms with van der Waals surface area (Å²) in [6.45, 7) is 21.6. The second kappa shape index (κ2) is 17.2. The van der Waals surface area contributed by atoms with Crippen LogP contribution in [0, 0.1) is 0 Å². The molecular weight excluding hydrogens is 733 g/mol. The molecule has 2 aliphatic rings. The molecule has 5 unspecified atom stereocenters. The van der Waals surface area contributed by atoms with E-state index in [1.807, 2.05) is 43.9 Å². The summed E-state index contributed by atoms with van der Waals surface area (Å²) in [7, 11) is -15.2. The molecule has 0 spiro atoms. The van der Waals surface area contributed by atoms with Crippen molar-refractivity contribution in [3.63, 3.8) is 0 Å². The minimum atomic E-state index is -2.48. The Morgan fingerprint density at radius 1 is 0.638 bits per heavy atom. The predicted octanol–water partition coefficient (Wildman–Crippen LogP) is 4.61. The number of hydrogen-bond donors (Lipinski definition) is 1. The Morgan fingerprint density at radius 3 is 1.49 bits per heavy atom. The highest BCUT2D eigenvalue weighted by atomic mass is 28.5. The van der Waals surface area contributed by atoms with E-state index in [0.717, 1.165) is 23.8 Å². The minimum absolute atomic E-state index is 0.219. The molecule has 2 aromatic rings. The van der Waals surface area contributed by atoms with Crippen LogP contribution in [0.5, 0.6) is 5.75 Å². The number of aliphatic hydroxyl groups is 1. The van der Waals surface area contributed by atoms with Gasteiger partial charge in [-0.3, -0.25) is 0 Å². The van der Waals surface area contributed by atoms with Gasteiger partial charge in [0.1, 0.15) is 5.75 Å². The predicted molar refractivity (Wildman–Crippen MR) is 204 cm³/mol. The summed E-state index contributed by atoms with van der Waals surface area (Å²) in [5, 5.41) is 11.1. The van der Waals surface area contributed by atoms with Crippen molar-refractivity contribution in [2.24, 2.45) is 0 Å². The first-order chi connectivity index (χ1) is 22.1. The summed E-state index contributed by atoms with van der Waals surface area (Å²) in [5.74, 6) is 0.852. The molecule has 2 fully saturated rings. The minimum Gasteiger partial charge on any atom is -0.494 e. The zero-order valence-electron chi connectivity index (χ0n) is 29.8. The van der Waals surface area contributed by atoms with Crippen LogP contribution in [0.15, 0.2) is 48.5 Å². The molecule has 2 aliphatic heterocycles.